The van der Waals surface area contributed by atoms with Crippen LogP contribution in [0.4, 0.5) is 11.6 Å². The quantitative estimate of drug-likeness (QED) is 0.253. The summed E-state index contributed by atoms with van der Waals surface area (Å²) < 4.78 is 7.58. The number of rotatable bonds is 8. The van der Waals surface area contributed by atoms with Crippen molar-refractivity contribution in [2.45, 2.75) is 66.7 Å². The van der Waals surface area contributed by atoms with Crippen molar-refractivity contribution in [2.24, 2.45) is 5.92 Å². The van der Waals surface area contributed by atoms with Crippen LogP contribution in [0.5, 0.6) is 11.5 Å². The summed E-state index contributed by atoms with van der Waals surface area (Å²) in [5, 5.41) is 16.5. The predicted octanol–water partition coefficient (Wildman–Crippen LogP) is 6.24. The molecule has 0 spiro atoms. The number of aryl methyl sites for hydroxylation is 1. The maximum Gasteiger partial charge on any atom is 0.273 e. The molecule has 0 aliphatic heterocycles. The number of carbonyl (C=O) groups is 2. The maximum absolute atomic E-state index is 12.5. The van der Waals surface area contributed by atoms with Crippen LogP contribution in [0.2, 0.25) is 0 Å². The zero-order valence-electron chi connectivity index (χ0n) is 22.7. The van der Waals surface area contributed by atoms with E-state index in [4.69, 9.17) is 4.74 Å². The highest BCUT2D eigenvalue weighted by Gasteiger charge is 2.30. The Kier molecular flexibility index (Phi) is 10.4. The molecule has 0 atom stereocenters. The lowest BCUT2D eigenvalue weighted by Crippen LogP contribution is -2.14. The van der Waals surface area contributed by atoms with Gasteiger partial charge in [0, 0.05) is 23.9 Å². The van der Waals surface area contributed by atoms with Gasteiger partial charge in [0.25, 0.3) is 5.91 Å². The third-order valence-corrected chi connectivity index (χ3v) is 5.32. The first kappa shape index (κ1) is 28.4. The number of nitrogens with one attached hydrogen (secondary N) is 3. The first-order chi connectivity index (χ1) is 18.5. The lowest BCUT2D eigenvalue weighted by atomic mass is 10.1. The molecule has 4 aromatic rings. The summed E-state index contributed by atoms with van der Waals surface area (Å²) in [5.74, 6) is 1.15. The van der Waals surface area contributed by atoms with Crippen molar-refractivity contribution in [2.75, 3.05) is 10.6 Å². The molecule has 0 saturated heterocycles. The molecule has 3 N–H and O–H groups in total. The van der Waals surface area contributed by atoms with Crippen molar-refractivity contribution in [3.05, 3.63) is 60.0 Å². The largest absolute Gasteiger partial charge is 0.456 e. The second-order valence-electron chi connectivity index (χ2n) is 8.67. The molecule has 38 heavy (non-hydrogen) atoms. The summed E-state index contributed by atoms with van der Waals surface area (Å²) in [6, 6.07) is 10.8. The Hall–Kier alpha value is -4.21. The smallest absolute Gasteiger partial charge is 0.273 e. The number of nitrogens with zero attached hydrogens (tertiary/aromatic N) is 4. The Morgan fingerprint density at radius 3 is 2.45 bits per heavy atom. The molecule has 10 heteroatoms. The average Bonchev–Trinajstić information content (AvgIpc) is 3.47. The molecular weight excluding hydrogens is 482 g/mol. The van der Waals surface area contributed by atoms with Crippen molar-refractivity contribution in [1.29, 1.82) is 0 Å². The normalized spacial score (nSPS) is 12.0. The first-order valence-electron chi connectivity index (χ1n) is 13.3. The molecule has 1 aliphatic carbocycles. The van der Waals surface area contributed by atoms with Gasteiger partial charge in [0.2, 0.25) is 11.9 Å². The number of aromatic amines is 1. The molecule has 10 nitrogen and oxygen atoms in total. The highest BCUT2D eigenvalue weighted by atomic mass is 16.5. The number of ether oxygens (including phenoxy) is 1. The summed E-state index contributed by atoms with van der Waals surface area (Å²) in [6.07, 6.45) is 8.06. The summed E-state index contributed by atoms with van der Waals surface area (Å²) in [4.78, 5) is 28.8. The van der Waals surface area contributed by atoms with Gasteiger partial charge in [-0.1, -0.05) is 53.5 Å². The van der Waals surface area contributed by atoms with E-state index in [2.05, 4.69) is 51.7 Å². The zero-order chi connectivity index (χ0) is 27.5. The molecule has 3 heterocycles. The van der Waals surface area contributed by atoms with Crippen molar-refractivity contribution in [3.8, 4) is 11.5 Å². The average molecular weight is 520 g/mol. The van der Waals surface area contributed by atoms with Gasteiger partial charge >= 0.3 is 0 Å². The number of benzene rings is 1. The van der Waals surface area contributed by atoms with E-state index in [0.29, 0.717) is 28.5 Å². The standard InChI is InChI=1S/C23H23N7O3.C3H8.C2H6/c1-2-3-14-6-7-16(12-19(14)25-22(32)18-10-11-24-28-18)33-17-8-9-20-26-23(29-30(20)13-17)27-21(31)15-4-5-15;1-3-2;1-2/h6-13,15H,2-5H2,1H3,(H,24,28)(H,25,32)(H,27,29,31);3H2,1-2H3;1-2H3. The van der Waals surface area contributed by atoms with Crippen LogP contribution in [0.3, 0.4) is 0 Å². The highest BCUT2D eigenvalue weighted by molar-refractivity contribution is 6.03. The first-order valence-corrected chi connectivity index (χ1v) is 13.3. The van der Waals surface area contributed by atoms with Crippen LogP contribution >= 0.6 is 0 Å². The molecule has 202 valence electrons. The van der Waals surface area contributed by atoms with Crippen molar-refractivity contribution >= 4 is 29.1 Å². The second-order valence-corrected chi connectivity index (χ2v) is 8.67. The van der Waals surface area contributed by atoms with Gasteiger partial charge in [0.1, 0.15) is 17.2 Å². The van der Waals surface area contributed by atoms with Gasteiger partial charge in [-0.3, -0.25) is 20.0 Å². The fourth-order valence-corrected chi connectivity index (χ4v) is 3.47. The molecule has 1 fully saturated rings. The summed E-state index contributed by atoms with van der Waals surface area (Å²) in [7, 11) is 0. The number of carbonyl (C=O) groups excluding carboxylic acids is 2. The third kappa shape index (κ3) is 7.64. The van der Waals surface area contributed by atoms with Crippen molar-refractivity contribution in [1.82, 2.24) is 24.8 Å². The minimum absolute atomic E-state index is 0.0424. The van der Waals surface area contributed by atoms with E-state index in [-0.39, 0.29) is 23.7 Å². The van der Waals surface area contributed by atoms with Gasteiger partial charge in [0.15, 0.2) is 5.65 Å². The molecule has 1 aromatic carbocycles. The summed E-state index contributed by atoms with van der Waals surface area (Å²) >= 11 is 0. The Bertz CT molecular complexity index is 1330. The van der Waals surface area contributed by atoms with Crippen LogP contribution in [0, 0.1) is 5.92 Å². The summed E-state index contributed by atoms with van der Waals surface area (Å²) in [6.45, 7) is 10.3. The molecule has 0 radical (unpaired) electrons. The number of hydrogen-bond acceptors (Lipinski definition) is 6. The molecule has 0 unspecified atom stereocenters. The van der Waals surface area contributed by atoms with Gasteiger partial charge in [-0.2, -0.15) is 10.1 Å². The van der Waals surface area contributed by atoms with Gasteiger partial charge in [-0.25, -0.2) is 4.52 Å². The third-order valence-electron chi connectivity index (χ3n) is 5.32. The number of pyridine rings is 1. The molecule has 1 aliphatic rings. The van der Waals surface area contributed by atoms with E-state index in [1.807, 2.05) is 26.0 Å². The fraction of sp³-hybridized carbons (Fsp3) is 0.393. The van der Waals surface area contributed by atoms with Gasteiger partial charge < -0.3 is 10.1 Å². The van der Waals surface area contributed by atoms with Crippen LogP contribution in [-0.2, 0) is 11.2 Å². The van der Waals surface area contributed by atoms with E-state index in [1.165, 1.54) is 12.6 Å². The number of anilines is 2. The SMILES string of the molecule is CC.CCC.CCCc1ccc(Oc2ccc3nc(NC(=O)C4CC4)nn3c2)cc1NC(=O)c1ccn[nH]1. The maximum atomic E-state index is 12.5. The zero-order valence-corrected chi connectivity index (χ0v) is 22.7. The van der Waals surface area contributed by atoms with E-state index in [0.717, 1.165) is 31.2 Å². The topological polar surface area (TPSA) is 126 Å². The lowest BCUT2D eigenvalue weighted by Gasteiger charge is -2.13. The molecular formula is C28H37N7O3. The number of H-pyrrole nitrogens is 1. The number of amides is 2. The highest BCUT2D eigenvalue weighted by Crippen LogP contribution is 2.30. The predicted molar refractivity (Wildman–Crippen MR) is 149 cm³/mol. The molecule has 2 amide bonds. The Balaban J connectivity index is 0.000000748. The Labute approximate surface area is 223 Å². The van der Waals surface area contributed by atoms with Gasteiger partial charge in [0.05, 0.1) is 6.20 Å². The number of fused-ring (bicyclic) bond motifs is 1. The van der Waals surface area contributed by atoms with Crippen LogP contribution in [0.25, 0.3) is 5.65 Å². The monoisotopic (exact) mass is 519 g/mol. The number of hydrogen-bond donors (Lipinski definition) is 3. The Morgan fingerprint density at radius 1 is 1.05 bits per heavy atom. The van der Waals surface area contributed by atoms with E-state index < -0.39 is 0 Å². The van der Waals surface area contributed by atoms with Crippen LogP contribution in [0.15, 0.2) is 48.8 Å². The van der Waals surface area contributed by atoms with Crippen molar-refractivity contribution < 1.29 is 14.3 Å². The van der Waals surface area contributed by atoms with Gasteiger partial charge in [-0.15, -0.1) is 5.10 Å². The second kappa shape index (κ2) is 13.9. The molecule has 1 saturated carbocycles. The molecule has 0 bridgehead atoms. The fourth-order valence-electron chi connectivity index (χ4n) is 3.47. The van der Waals surface area contributed by atoms with Crippen LogP contribution in [0.1, 0.15) is 76.4 Å². The van der Waals surface area contributed by atoms with Crippen LogP contribution in [-0.4, -0.2) is 36.6 Å². The minimum atomic E-state index is -0.271. The van der Waals surface area contributed by atoms with Crippen LogP contribution < -0.4 is 15.4 Å². The van der Waals surface area contributed by atoms with E-state index in [9.17, 15) is 9.59 Å². The molecule has 5 rings (SSSR count). The minimum Gasteiger partial charge on any atom is -0.456 e. The molecule has 3 aromatic heterocycles. The van der Waals surface area contributed by atoms with E-state index >= 15 is 0 Å². The number of aromatic nitrogens is 5. The summed E-state index contributed by atoms with van der Waals surface area (Å²) in [5.41, 5.74) is 2.67. The van der Waals surface area contributed by atoms with Gasteiger partial charge in [-0.05, 0) is 49.1 Å². The van der Waals surface area contributed by atoms with E-state index in [1.54, 1.807) is 35.0 Å². The lowest BCUT2D eigenvalue weighted by molar-refractivity contribution is -0.117. The Morgan fingerprint density at radius 2 is 1.79 bits per heavy atom. The van der Waals surface area contributed by atoms with Crippen molar-refractivity contribution in [3.63, 3.8) is 0 Å².